The van der Waals surface area contributed by atoms with Crippen LogP contribution in [0.3, 0.4) is 0 Å². The van der Waals surface area contributed by atoms with Crippen molar-refractivity contribution in [2.45, 2.75) is 5.37 Å². The summed E-state index contributed by atoms with van der Waals surface area (Å²) in [4.78, 5) is 33.8. The van der Waals surface area contributed by atoms with Crippen LogP contribution in [0.25, 0.3) is 0 Å². The number of hydrogen-bond acceptors (Lipinski definition) is 8. The first-order chi connectivity index (χ1) is 14.9. The van der Waals surface area contributed by atoms with Crippen LogP contribution in [0.1, 0.15) is 10.9 Å². The Hall–Kier alpha value is -3.24. The van der Waals surface area contributed by atoms with Crippen molar-refractivity contribution in [3.63, 3.8) is 0 Å². The SMILES string of the molecule is NC(=O)CN1CCN(c2ccccc2N2C(C(N)=O)=CSC2c2ccnc(N)c2)CC1. The van der Waals surface area contributed by atoms with Gasteiger partial charge in [-0.1, -0.05) is 12.1 Å². The molecule has 10 heteroatoms. The van der Waals surface area contributed by atoms with Crippen LogP contribution in [0, 0.1) is 0 Å². The maximum atomic E-state index is 12.3. The number of anilines is 3. The van der Waals surface area contributed by atoms with Crippen molar-refractivity contribution in [1.82, 2.24) is 9.88 Å². The average molecular weight is 440 g/mol. The number of piperazine rings is 1. The molecule has 2 amide bonds. The predicted molar refractivity (Wildman–Crippen MR) is 123 cm³/mol. The van der Waals surface area contributed by atoms with Gasteiger partial charge in [0.15, 0.2) is 0 Å². The van der Waals surface area contributed by atoms with E-state index >= 15 is 0 Å². The molecule has 0 aliphatic carbocycles. The van der Waals surface area contributed by atoms with Crippen LogP contribution in [0.5, 0.6) is 0 Å². The van der Waals surface area contributed by atoms with Gasteiger partial charge in [0.2, 0.25) is 5.91 Å². The van der Waals surface area contributed by atoms with E-state index < -0.39 is 5.91 Å². The molecule has 9 nitrogen and oxygen atoms in total. The largest absolute Gasteiger partial charge is 0.384 e. The molecule has 6 N–H and O–H groups in total. The minimum atomic E-state index is -0.488. The molecule has 0 bridgehead atoms. The van der Waals surface area contributed by atoms with Crippen molar-refractivity contribution < 1.29 is 9.59 Å². The molecule has 1 saturated heterocycles. The van der Waals surface area contributed by atoms with Gasteiger partial charge in [0.1, 0.15) is 16.9 Å². The Morgan fingerprint density at radius 1 is 1.06 bits per heavy atom. The molecule has 0 spiro atoms. The zero-order valence-electron chi connectivity index (χ0n) is 17.0. The number of thioether (sulfide) groups is 1. The van der Waals surface area contributed by atoms with E-state index in [1.165, 1.54) is 11.8 Å². The number of rotatable bonds is 6. The van der Waals surface area contributed by atoms with E-state index in [1.54, 1.807) is 11.6 Å². The van der Waals surface area contributed by atoms with E-state index in [2.05, 4.69) is 9.88 Å². The lowest BCUT2D eigenvalue weighted by atomic mass is 10.1. The topological polar surface area (TPSA) is 135 Å². The molecule has 162 valence electrons. The standard InChI is InChI=1S/C21H25N7O2S/c22-18-11-14(5-6-25-18)21-28(17(13-31-21)20(24)30)16-4-2-1-3-15(16)27-9-7-26(8-10-27)12-19(23)29/h1-6,11,13,21H,7-10,12H2,(H2,22,25)(H2,23,29)(H2,24,30). The molecule has 4 rings (SSSR count). The van der Waals surface area contributed by atoms with Gasteiger partial charge in [-0.05, 0) is 29.8 Å². The second-order valence-electron chi connectivity index (χ2n) is 7.46. The number of benzene rings is 1. The number of pyridine rings is 1. The highest BCUT2D eigenvalue weighted by Crippen LogP contribution is 2.48. The molecule has 2 aromatic rings. The molecular weight excluding hydrogens is 414 g/mol. The van der Waals surface area contributed by atoms with Crippen LogP contribution in [-0.2, 0) is 9.59 Å². The van der Waals surface area contributed by atoms with Gasteiger partial charge in [-0.2, -0.15) is 0 Å². The smallest absolute Gasteiger partial charge is 0.265 e. The first kappa shape index (κ1) is 21.0. The molecule has 1 aromatic heterocycles. The van der Waals surface area contributed by atoms with Gasteiger partial charge in [0.05, 0.1) is 17.9 Å². The number of nitrogen functional groups attached to an aromatic ring is 1. The van der Waals surface area contributed by atoms with Crippen molar-refractivity contribution in [2.24, 2.45) is 11.5 Å². The summed E-state index contributed by atoms with van der Waals surface area (Å²) in [6, 6.07) is 11.7. The number of carbonyl (C=O) groups excluding carboxylic acids is 2. The van der Waals surface area contributed by atoms with E-state index in [9.17, 15) is 9.59 Å². The summed E-state index contributed by atoms with van der Waals surface area (Å²) in [6.07, 6.45) is 1.66. The average Bonchev–Trinajstić information content (AvgIpc) is 3.19. The highest BCUT2D eigenvalue weighted by molar-refractivity contribution is 8.02. The third-order valence-electron chi connectivity index (χ3n) is 5.38. The molecule has 2 aliphatic heterocycles. The van der Waals surface area contributed by atoms with Crippen LogP contribution in [0.2, 0.25) is 0 Å². The van der Waals surface area contributed by atoms with Gasteiger partial charge >= 0.3 is 0 Å². The van der Waals surface area contributed by atoms with Gasteiger partial charge in [-0.25, -0.2) is 4.98 Å². The predicted octanol–water partition coefficient (Wildman–Crippen LogP) is 0.850. The summed E-state index contributed by atoms with van der Waals surface area (Å²) in [7, 11) is 0. The van der Waals surface area contributed by atoms with E-state index in [0.29, 0.717) is 11.5 Å². The monoisotopic (exact) mass is 439 g/mol. The van der Waals surface area contributed by atoms with Crippen molar-refractivity contribution in [1.29, 1.82) is 0 Å². The lowest BCUT2D eigenvalue weighted by Crippen LogP contribution is -2.49. The Balaban J connectivity index is 1.66. The quantitative estimate of drug-likeness (QED) is 0.603. The van der Waals surface area contributed by atoms with Crippen LogP contribution < -0.4 is 27.0 Å². The van der Waals surface area contributed by atoms with E-state index in [1.807, 2.05) is 46.2 Å². The highest BCUT2D eigenvalue weighted by atomic mass is 32.2. The fourth-order valence-corrected chi connectivity index (χ4v) is 5.10. The number of aromatic nitrogens is 1. The van der Waals surface area contributed by atoms with Gasteiger partial charge in [-0.15, -0.1) is 11.8 Å². The van der Waals surface area contributed by atoms with Crippen LogP contribution in [0.4, 0.5) is 17.2 Å². The van der Waals surface area contributed by atoms with E-state index in [4.69, 9.17) is 17.2 Å². The summed E-state index contributed by atoms with van der Waals surface area (Å²) in [5, 5.41) is 1.61. The third-order valence-corrected chi connectivity index (χ3v) is 6.48. The van der Waals surface area contributed by atoms with E-state index in [0.717, 1.165) is 43.1 Å². The second-order valence-corrected chi connectivity index (χ2v) is 8.41. The number of hydrogen-bond donors (Lipinski definition) is 3. The lowest BCUT2D eigenvalue weighted by molar-refractivity contribution is -0.119. The van der Waals surface area contributed by atoms with Crippen molar-refractivity contribution in [2.75, 3.05) is 48.3 Å². The summed E-state index contributed by atoms with van der Waals surface area (Å²) in [6.45, 7) is 3.21. The Labute approximate surface area is 184 Å². The minimum absolute atomic E-state index is 0.190. The molecule has 3 heterocycles. The molecular formula is C21H25N7O2S. The summed E-state index contributed by atoms with van der Waals surface area (Å²) in [5.41, 5.74) is 20.2. The zero-order valence-corrected chi connectivity index (χ0v) is 17.8. The molecule has 1 unspecified atom stereocenters. The normalized spacial score (nSPS) is 19.4. The maximum absolute atomic E-state index is 12.3. The Morgan fingerprint density at radius 3 is 2.42 bits per heavy atom. The molecule has 0 radical (unpaired) electrons. The number of primary amides is 2. The summed E-state index contributed by atoms with van der Waals surface area (Å²) < 4.78 is 0. The number of nitrogens with zero attached hydrogens (tertiary/aromatic N) is 4. The van der Waals surface area contributed by atoms with Crippen LogP contribution in [0.15, 0.2) is 53.7 Å². The molecule has 1 aromatic carbocycles. The van der Waals surface area contributed by atoms with E-state index in [-0.39, 0.29) is 17.8 Å². The summed E-state index contributed by atoms with van der Waals surface area (Å²) >= 11 is 1.51. The number of carbonyl (C=O) groups is 2. The maximum Gasteiger partial charge on any atom is 0.265 e. The number of para-hydroxylation sites is 2. The Morgan fingerprint density at radius 2 is 1.77 bits per heavy atom. The molecule has 0 saturated carbocycles. The van der Waals surface area contributed by atoms with Crippen molar-refractivity contribution in [3.8, 4) is 0 Å². The van der Waals surface area contributed by atoms with Gasteiger partial charge in [-0.3, -0.25) is 14.5 Å². The first-order valence-corrected chi connectivity index (χ1v) is 10.9. The second kappa shape index (κ2) is 8.86. The van der Waals surface area contributed by atoms with Crippen LogP contribution >= 0.6 is 11.8 Å². The Bertz CT molecular complexity index is 1020. The number of amides is 2. The highest BCUT2D eigenvalue weighted by Gasteiger charge is 2.34. The third kappa shape index (κ3) is 4.44. The van der Waals surface area contributed by atoms with Crippen molar-refractivity contribution >= 4 is 40.8 Å². The van der Waals surface area contributed by atoms with Gasteiger partial charge in [0, 0.05) is 37.8 Å². The zero-order chi connectivity index (χ0) is 22.0. The molecule has 1 atom stereocenters. The number of nitrogens with two attached hydrogens (primary N) is 3. The molecule has 31 heavy (non-hydrogen) atoms. The molecule has 2 aliphatic rings. The van der Waals surface area contributed by atoms with Gasteiger partial charge in [0.25, 0.3) is 5.91 Å². The first-order valence-electron chi connectivity index (χ1n) is 9.95. The summed E-state index contributed by atoms with van der Waals surface area (Å²) in [5.74, 6) is -0.388. The van der Waals surface area contributed by atoms with Crippen molar-refractivity contribution in [3.05, 3.63) is 59.3 Å². The lowest BCUT2D eigenvalue weighted by Gasteiger charge is -2.38. The fourth-order valence-electron chi connectivity index (χ4n) is 3.96. The fraction of sp³-hybridized carbons (Fsp3) is 0.286. The minimum Gasteiger partial charge on any atom is -0.384 e. The van der Waals surface area contributed by atoms with Crippen LogP contribution in [-0.4, -0.2) is 54.4 Å². The van der Waals surface area contributed by atoms with Gasteiger partial charge < -0.3 is 27.0 Å². The molecule has 1 fully saturated rings. The Kier molecular flexibility index (Phi) is 6.01.